The normalized spacial score (nSPS) is 11.9. The molecule has 0 fully saturated rings. The number of hydrogen-bond donors (Lipinski definition) is 2. The molecule has 2 rings (SSSR count). The minimum atomic E-state index is -0.568. The Morgan fingerprint density at radius 3 is 2.40 bits per heavy atom. The second-order valence-corrected chi connectivity index (χ2v) is 4.52. The molecule has 0 bridgehead atoms. The van der Waals surface area contributed by atoms with Gasteiger partial charge in [-0.1, -0.05) is 42.5 Å². The number of amides is 1. The highest BCUT2D eigenvalue weighted by atomic mass is 19.1. The van der Waals surface area contributed by atoms with Gasteiger partial charge in [-0.25, -0.2) is 4.39 Å². The van der Waals surface area contributed by atoms with Crippen LogP contribution in [0.15, 0.2) is 54.6 Å². The van der Waals surface area contributed by atoms with Crippen LogP contribution in [0.2, 0.25) is 0 Å². The fourth-order valence-corrected chi connectivity index (χ4v) is 1.97. The molecule has 0 saturated heterocycles. The quantitative estimate of drug-likeness (QED) is 0.877. The molecule has 0 aliphatic heterocycles. The minimum Gasteiger partial charge on any atom is -0.394 e. The smallest absolute Gasteiger partial charge is 0.254 e. The maximum absolute atomic E-state index is 13.5. The highest BCUT2D eigenvalue weighted by Crippen LogP contribution is 2.08. The summed E-state index contributed by atoms with van der Waals surface area (Å²) in [6.07, 6.45) is 0.498. The fourth-order valence-electron chi connectivity index (χ4n) is 1.97. The summed E-state index contributed by atoms with van der Waals surface area (Å²) in [6.45, 7) is -0.199. The highest BCUT2D eigenvalue weighted by molar-refractivity contribution is 5.94. The Hall–Kier alpha value is -2.20. The summed E-state index contributed by atoms with van der Waals surface area (Å²) in [6, 6.07) is 14.9. The van der Waals surface area contributed by atoms with Gasteiger partial charge in [-0.15, -0.1) is 0 Å². The SMILES string of the molecule is O=C(N[C@H](CO)Cc1ccccc1)c1ccccc1F. The third-order valence-electron chi connectivity index (χ3n) is 3.00. The van der Waals surface area contributed by atoms with Crippen molar-refractivity contribution in [3.05, 3.63) is 71.5 Å². The molecule has 1 amide bonds. The van der Waals surface area contributed by atoms with Crippen molar-refractivity contribution in [2.45, 2.75) is 12.5 Å². The van der Waals surface area contributed by atoms with Crippen LogP contribution in [0.5, 0.6) is 0 Å². The number of aliphatic hydroxyl groups is 1. The van der Waals surface area contributed by atoms with E-state index in [-0.39, 0.29) is 12.2 Å². The first kappa shape index (κ1) is 14.2. The maximum Gasteiger partial charge on any atom is 0.254 e. The van der Waals surface area contributed by atoms with Crippen molar-refractivity contribution >= 4 is 5.91 Å². The van der Waals surface area contributed by atoms with Crippen LogP contribution in [0.1, 0.15) is 15.9 Å². The van der Waals surface area contributed by atoms with Gasteiger partial charge in [0.25, 0.3) is 5.91 Å². The minimum absolute atomic E-state index is 0.0148. The maximum atomic E-state index is 13.5. The molecule has 0 unspecified atom stereocenters. The molecule has 2 aromatic carbocycles. The lowest BCUT2D eigenvalue weighted by Crippen LogP contribution is -2.39. The van der Waals surface area contributed by atoms with Crippen LogP contribution in [0.3, 0.4) is 0 Å². The zero-order valence-electron chi connectivity index (χ0n) is 10.9. The molecule has 0 aromatic heterocycles. The van der Waals surface area contributed by atoms with Crippen molar-refractivity contribution in [2.24, 2.45) is 0 Å². The van der Waals surface area contributed by atoms with Gasteiger partial charge in [0.2, 0.25) is 0 Å². The Balaban J connectivity index is 2.03. The summed E-state index contributed by atoms with van der Waals surface area (Å²) in [4.78, 5) is 12.0. The zero-order valence-corrected chi connectivity index (χ0v) is 10.9. The van der Waals surface area contributed by atoms with E-state index in [1.54, 1.807) is 6.07 Å². The Labute approximate surface area is 117 Å². The molecule has 3 nitrogen and oxygen atoms in total. The summed E-state index contributed by atoms with van der Waals surface area (Å²) < 4.78 is 13.5. The zero-order chi connectivity index (χ0) is 14.4. The number of carbonyl (C=O) groups is 1. The number of rotatable bonds is 5. The van der Waals surface area contributed by atoms with Crippen LogP contribution < -0.4 is 5.32 Å². The van der Waals surface area contributed by atoms with E-state index in [1.165, 1.54) is 18.2 Å². The van der Waals surface area contributed by atoms with Gasteiger partial charge in [0.05, 0.1) is 18.2 Å². The molecule has 0 aliphatic carbocycles. The molecule has 0 heterocycles. The van der Waals surface area contributed by atoms with Crippen molar-refractivity contribution in [3.8, 4) is 0 Å². The van der Waals surface area contributed by atoms with Crippen molar-refractivity contribution in [1.29, 1.82) is 0 Å². The lowest BCUT2D eigenvalue weighted by molar-refractivity contribution is 0.0912. The molecule has 0 saturated carbocycles. The summed E-state index contributed by atoms with van der Waals surface area (Å²) in [5.41, 5.74) is 0.986. The molecule has 2 aromatic rings. The third-order valence-corrected chi connectivity index (χ3v) is 3.00. The van der Waals surface area contributed by atoms with Crippen LogP contribution in [0.25, 0.3) is 0 Å². The van der Waals surface area contributed by atoms with Gasteiger partial charge in [0, 0.05) is 0 Å². The average Bonchev–Trinajstić information content (AvgIpc) is 2.48. The molecule has 20 heavy (non-hydrogen) atoms. The lowest BCUT2D eigenvalue weighted by Gasteiger charge is -2.16. The van der Waals surface area contributed by atoms with E-state index in [2.05, 4.69) is 5.32 Å². The van der Waals surface area contributed by atoms with E-state index in [0.29, 0.717) is 6.42 Å². The predicted molar refractivity (Wildman–Crippen MR) is 74.9 cm³/mol. The van der Waals surface area contributed by atoms with Gasteiger partial charge >= 0.3 is 0 Å². The van der Waals surface area contributed by atoms with Gasteiger partial charge < -0.3 is 10.4 Å². The van der Waals surface area contributed by atoms with Gasteiger partial charge in [-0.2, -0.15) is 0 Å². The largest absolute Gasteiger partial charge is 0.394 e. The van der Waals surface area contributed by atoms with E-state index in [9.17, 15) is 14.3 Å². The summed E-state index contributed by atoms with van der Waals surface area (Å²) in [7, 11) is 0. The van der Waals surface area contributed by atoms with Crippen molar-refractivity contribution in [2.75, 3.05) is 6.61 Å². The fraction of sp³-hybridized carbons (Fsp3) is 0.188. The standard InChI is InChI=1S/C16H16FNO2/c17-15-9-5-4-8-14(15)16(20)18-13(11-19)10-12-6-2-1-3-7-12/h1-9,13,19H,10-11H2,(H,18,20)/t13-/m0/s1. The van der Waals surface area contributed by atoms with Gasteiger partial charge in [0.1, 0.15) is 5.82 Å². The summed E-state index contributed by atoms with van der Waals surface area (Å²) >= 11 is 0. The average molecular weight is 273 g/mol. The van der Waals surface area contributed by atoms with Crippen LogP contribution in [0, 0.1) is 5.82 Å². The van der Waals surface area contributed by atoms with E-state index in [1.807, 2.05) is 30.3 Å². The summed E-state index contributed by atoms with van der Waals surface area (Å²) in [5, 5.41) is 12.0. The number of nitrogens with one attached hydrogen (secondary N) is 1. The van der Waals surface area contributed by atoms with Crippen molar-refractivity contribution < 1.29 is 14.3 Å². The Morgan fingerprint density at radius 1 is 1.10 bits per heavy atom. The second-order valence-electron chi connectivity index (χ2n) is 4.52. The van der Waals surface area contributed by atoms with E-state index >= 15 is 0 Å². The topological polar surface area (TPSA) is 49.3 Å². The lowest BCUT2D eigenvalue weighted by atomic mass is 10.1. The van der Waals surface area contributed by atoms with Crippen molar-refractivity contribution in [1.82, 2.24) is 5.32 Å². The van der Waals surface area contributed by atoms with Crippen molar-refractivity contribution in [3.63, 3.8) is 0 Å². The Kier molecular flexibility index (Phi) is 4.85. The molecule has 104 valence electrons. The Morgan fingerprint density at radius 2 is 1.75 bits per heavy atom. The van der Waals surface area contributed by atoms with Crippen LogP contribution in [0.4, 0.5) is 4.39 Å². The van der Waals surface area contributed by atoms with Crippen LogP contribution in [-0.2, 0) is 6.42 Å². The number of hydrogen-bond acceptors (Lipinski definition) is 2. The number of benzene rings is 2. The predicted octanol–water partition coefficient (Wildman–Crippen LogP) is 2.16. The summed E-state index contributed by atoms with van der Waals surface area (Å²) in [5.74, 6) is -1.08. The van der Waals surface area contributed by atoms with Gasteiger partial charge in [0.15, 0.2) is 0 Å². The first-order valence-corrected chi connectivity index (χ1v) is 6.41. The third kappa shape index (κ3) is 3.65. The Bertz CT molecular complexity index is 572. The molecular formula is C16H16FNO2. The van der Waals surface area contributed by atoms with E-state index < -0.39 is 17.8 Å². The highest BCUT2D eigenvalue weighted by Gasteiger charge is 2.16. The number of carbonyl (C=O) groups excluding carboxylic acids is 1. The molecule has 1 atom stereocenters. The first-order valence-electron chi connectivity index (χ1n) is 6.41. The molecule has 4 heteroatoms. The second kappa shape index (κ2) is 6.82. The first-order chi connectivity index (χ1) is 9.70. The van der Waals surface area contributed by atoms with E-state index in [4.69, 9.17) is 0 Å². The number of aliphatic hydroxyl groups excluding tert-OH is 1. The molecule has 0 aliphatic rings. The molecule has 0 spiro atoms. The van der Waals surface area contributed by atoms with Crippen LogP contribution in [-0.4, -0.2) is 23.7 Å². The van der Waals surface area contributed by atoms with E-state index in [0.717, 1.165) is 5.56 Å². The van der Waals surface area contributed by atoms with Gasteiger partial charge in [-0.3, -0.25) is 4.79 Å². The monoisotopic (exact) mass is 273 g/mol. The molecular weight excluding hydrogens is 257 g/mol. The number of halogens is 1. The van der Waals surface area contributed by atoms with Crippen LogP contribution >= 0.6 is 0 Å². The molecule has 0 radical (unpaired) electrons. The van der Waals surface area contributed by atoms with Gasteiger partial charge in [-0.05, 0) is 24.1 Å². The molecule has 2 N–H and O–H groups in total.